The van der Waals surface area contributed by atoms with Crippen LogP contribution in [-0.4, -0.2) is 57.7 Å². The lowest BCUT2D eigenvalue weighted by molar-refractivity contribution is -0.149. The second kappa shape index (κ2) is 8.48. The number of hydrogen-bond donors (Lipinski definition) is 4. The second-order valence-electron chi connectivity index (χ2n) is 6.10. The molecule has 1 aliphatic heterocycles. The van der Waals surface area contributed by atoms with Crippen molar-refractivity contribution in [3.05, 3.63) is 60.2 Å². The van der Waals surface area contributed by atoms with Crippen LogP contribution in [0.1, 0.15) is 5.56 Å². The molecule has 2 aromatic carbocycles. The summed E-state index contributed by atoms with van der Waals surface area (Å²) in [5, 5.41) is 38.5. The molecule has 3 rings (SSSR count). The largest absolute Gasteiger partial charge is 0.491 e. The first-order chi connectivity index (χ1) is 12.5. The van der Waals surface area contributed by atoms with Crippen molar-refractivity contribution in [2.75, 3.05) is 6.61 Å². The van der Waals surface area contributed by atoms with Crippen LogP contribution in [-0.2, 0) is 11.3 Å². The van der Waals surface area contributed by atoms with Crippen molar-refractivity contribution in [2.24, 2.45) is 0 Å². The Balaban J connectivity index is 1.47. The molecule has 0 amide bonds. The molecule has 0 saturated carbocycles. The third-order valence-corrected chi connectivity index (χ3v) is 4.15. The van der Waals surface area contributed by atoms with Crippen LogP contribution in [0.15, 0.2) is 54.6 Å². The van der Waals surface area contributed by atoms with Crippen LogP contribution in [0.3, 0.4) is 0 Å². The van der Waals surface area contributed by atoms with Gasteiger partial charge < -0.3 is 34.6 Å². The molecular formula is C19H22O7. The summed E-state index contributed by atoms with van der Waals surface area (Å²) in [5.74, 6) is 1.19. The van der Waals surface area contributed by atoms with E-state index in [1.807, 2.05) is 30.3 Å². The van der Waals surface area contributed by atoms with Crippen molar-refractivity contribution >= 4 is 0 Å². The molecule has 0 spiro atoms. The molecule has 4 N–H and O–H groups in total. The van der Waals surface area contributed by atoms with Gasteiger partial charge in [-0.15, -0.1) is 0 Å². The quantitative estimate of drug-likeness (QED) is 0.566. The van der Waals surface area contributed by atoms with Crippen molar-refractivity contribution in [3.8, 4) is 11.5 Å². The molecule has 2 aromatic rings. The van der Waals surface area contributed by atoms with Gasteiger partial charge in [-0.1, -0.05) is 30.3 Å². The van der Waals surface area contributed by atoms with Crippen LogP contribution < -0.4 is 9.47 Å². The Morgan fingerprint density at radius 3 is 2.04 bits per heavy atom. The summed E-state index contributed by atoms with van der Waals surface area (Å²) in [6.07, 6.45) is -6.67. The molecule has 1 saturated heterocycles. The maximum absolute atomic E-state index is 10.0. The van der Waals surface area contributed by atoms with Gasteiger partial charge in [0.25, 0.3) is 0 Å². The molecule has 1 heterocycles. The summed E-state index contributed by atoms with van der Waals surface area (Å²) in [4.78, 5) is 0. The molecule has 0 bridgehead atoms. The Kier molecular flexibility index (Phi) is 6.08. The summed E-state index contributed by atoms with van der Waals surface area (Å²) in [6.45, 7) is 0.298. The SMILES string of the molecule is O[C@@H]1[C@@H](O)[C@@H](O)O[C@@H]1[C@H](O)COc1ccc(OCc2ccccc2)cc1. The lowest BCUT2D eigenvalue weighted by atomic mass is 10.1. The first-order valence-corrected chi connectivity index (χ1v) is 8.32. The standard InChI is InChI=1S/C19H22O7/c20-15(18-16(21)17(22)19(23)26-18)11-25-14-8-6-13(7-9-14)24-10-12-4-2-1-3-5-12/h1-9,15-23H,10-11H2/t15-,16-,17-,18-,19+/m1/s1. The molecule has 5 atom stereocenters. The monoisotopic (exact) mass is 362 g/mol. The minimum Gasteiger partial charge on any atom is -0.491 e. The van der Waals surface area contributed by atoms with Gasteiger partial charge in [0.05, 0.1) is 0 Å². The van der Waals surface area contributed by atoms with E-state index in [0.717, 1.165) is 5.56 Å². The van der Waals surface area contributed by atoms with Crippen molar-refractivity contribution in [3.63, 3.8) is 0 Å². The first kappa shape index (κ1) is 18.6. The fourth-order valence-corrected chi connectivity index (χ4v) is 2.65. The predicted molar refractivity (Wildman–Crippen MR) is 91.6 cm³/mol. The average Bonchev–Trinajstić information content (AvgIpc) is 2.93. The number of ether oxygens (including phenoxy) is 3. The first-order valence-electron chi connectivity index (χ1n) is 8.32. The molecule has 0 unspecified atom stereocenters. The highest BCUT2D eigenvalue weighted by molar-refractivity contribution is 5.31. The van der Waals surface area contributed by atoms with Crippen LogP contribution in [0.25, 0.3) is 0 Å². The van der Waals surface area contributed by atoms with Crippen LogP contribution >= 0.6 is 0 Å². The lowest BCUT2D eigenvalue weighted by Gasteiger charge is -2.21. The number of aliphatic hydroxyl groups excluding tert-OH is 4. The van der Waals surface area contributed by atoms with E-state index in [9.17, 15) is 20.4 Å². The average molecular weight is 362 g/mol. The molecule has 140 valence electrons. The van der Waals surface area contributed by atoms with Gasteiger partial charge >= 0.3 is 0 Å². The minimum atomic E-state index is -1.52. The maximum atomic E-state index is 10.0. The van der Waals surface area contributed by atoms with Gasteiger partial charge in [-0.2, -0.15) is 0 Å². The van der Waals surface area contributed by atoms with Crippen LogP contribution in [0.2, 0.25) is 0 Å². The van der Waals surface area contributed by atoms with E-state index in [2.05, 4.69) is 0 Å². The van der Waals surface area contributed by atoms with Gasteiger partial charge in [-0.05, 0) is 29.8 Å². The Hall–Kier alpha value is -2.16. The highest BCUT2D eigenvalue weighted by Crippen LogP contribution is 2.23. The summed E-state index contributed by atoms with van der Waals surface area (Å²) in [7, 11) is 0. The number of aliphatic hydroxyl groups is 4. The van der Waals surface area contributed by atoms with Crippen LogP contribution in [0, 0.1) is 0 Å². The summed E-state index contributed by atoms with van der Waals surface area (Å²) in [6, 6.07) is 16.7. The predicted octanol–water partition coefficient (Wildman–Crippen LogP) is 0.444. The highest BCUT2D eigenvalue weighted by atomic mass is 16.7. The minimum absolute atomic E-state index is 0.161. The van der Waals surface area contributed by atoms with Gasteiger partial charge in [0.2, 0.25) is 0 Å². The van der Waals surface area contributed by atoms with E-state index < -0.39 is 30.7 Å². The summed E-state index contributed by atoms with van der Waals surface area (Å²) < 4.78 is 16.1. The highest BCUT2D eigenvalue weighted by Gasteiger charge is 2.45. The Morgan fingerprint density at radius 2 is 1.46 bits per heavy atom. The molecule has 0 aromatic heterocycles. The Morgan fingerprint density at radius 1 is 0.846 bits per heavy atom. The van der Waals surface area contributed by atoms with Gasteiger partial charge in [0.15, 0.2) is 6.29 Å². The van der Waals surface area contributed by atoms with Gasteiger partial charge in [0, 0.05) is 0 Å². The van der Waals surface area contributed by atoms with Crippen LogP contribution in [0.5, 0.6) is 11.5 Å². The normalized spacial score (nSPS) is 26.5. The molecule has 26 heavy (non-hydrogen) atoms. The lowest BCUT2D eigenvalue weighted by Crippen LogP contribution is -2.41. The fourth-order valence-electron chi connectivity index (χ4n) is 2.65. The molecular weight excluding hydrogens is 340 g/mol. The zero-order chi connectivity index (χ0) is 18.5. The van der Waals surface area contributed by atoms with Crippen molar-refractivity contribution < 1.29 is 34.6 Å². The van der Waals surface area contributed by atoms with Gasteiger partial charge in [-0.3, -0.25) is 0 Å². The summed E-state index contributed by atoms with van der Waals surface area (Å²) in [5.41, 5.74) is 1.07. The van der Waals surface area contributed by atoms with Gasteiger partial charge in [0.1, 0.15) is 49.1 Å². The summed E-state index contributed by atoms with van der Waals surface area (Å²) >= 11 is 0. The molecule has 7 heteroatoms. The second-order valence-corrected chi connectivity index (χ2v) is 6.10. The van der Waals surface area contributed by atoms with Crippen molar-refractivity contribution in [1.82, 2.24) is 0 Å². The molecule has 0 radical (unpaired) electrons. The van der Waals surface area contributed by atoms with E-state index in [1.54, 1.807) is 24.3 Å². The zero-order valence-corrected chi connectivity index (χ0v) is 14.0. The fraction of sp³-hybridized carbons (Fsp3) is 0.368. The third kappa shape index (κ3) is 4.51. The number of rotatable bonds is 7. The maximum Gasteiger partial charge on any atom is 0.184 e. The van der Waals surface area contributed by atoms with Crippen molar-refractivity contribution in [1.29, 1.82) is 0 Å². The number of hydrogen-bond acceptors (Lipinski definition) is 7. The molecule has 7 nitrogen and oxygen atoms in total. The molecule has 1 fully saturated rings. The van der Waals surface area contributed by atoms with E-state index in [4.69, 9.17) is 14.2 Å². The topological polar surface area (TPSA) is 109 Å². The van der Waals surface area contributed by atoms with E-state index in [1.165, 1.54) is 0 Å². The van der Waals surface area contributed by atoms with E-state index in [-0.39, 0.29) is 6.61 Å². The molecule has 0 aliphatic carbocycles. The smallest absolute Gasteiger partial charge is 0.184 e. The number of benzene rings is 2. The van der Waals surface area contributed by atoms with Crippen LogP contribution in [0.4, 0.5) is 0 Å². The Labute approximate surface area is 151 Å². The van der Waals surface area contributed by atoms with Gasteiger partial charge in [-0.25, -0.2) is 0 Å². The van der Waals surface area contributed by atoms with Crippen molar-refractivity contribution in [2.45, 2.75) is 37.3 Å². The molecule has 1 aliphatic rings. The third-order valence-electron chi connectivity index (χ3n) is 4.15. The Bertz CT molecular complexity index is 676. The zero-order valence-electron chi connectivity index (χ0n) is 14.0. The van der Waals surface area contributed by atoms with E-state index >= 15 is 0 Å². The van der Waals surface area contributed by atoms with E-state index in [0.29, 0.717) is 18.1 Å².